The molecule has 0 atom stereocenters. The SMILES string of the molecule is COc1ccc(C(=O)NCCCNC(=O)/C=C/c2ccc(O)cc2O)cc1. The molecule has 2 amide bonds. The first-order valence-corrected chi connectivity index (χ1v) is 8.40. The molecule has 0 aliphatic carbocycles. The Morgan fingerprint density at radius 2 is 1.74 bits per heavy atom. The fraction of sp³-hybridized carbons (Fsp3) is 0.200. The lowest BCUT2D eigenvalue weighted by Gasteiger charge is -2.06. The molecule has 142 valence electrons. The maximum Gasteiger partial charge on any atom is 0.251 e. The van der Waals surface area contributed by atoms with Crippen LogP contribution < -0.4 is 15.4 Å². The predicted molar refractivity (Wildman–Crippen MR) is 102 cm³/mol. The number of phenols is 2. The van der Waals surface area contributed by atoms with Crippen LogP contribution in [0, 0.1) is 0 Å². The third kappa shape index (κ3) is 6.39. The van der Waals surface area contributed by atoms with E-state index in [0.717, 1.165) is 0 Å². The van der Waals surface area contributed by atoms with E-state index >= 15 is 0 Å². The Hall–Kier alpha value is -3.48. The summed E-state index contributed by atoms with van der Waals surface area (Å²) in [6.07, 6.45) is 3.32. The number of hydrogen-bond acceptors (Lipinski definition) is 5. The van der Waals surface area contributed by atoms with Gasteiger partial charge in [0, 0.05) is 36.4 Å². The Balaban J connectivity index is 1.67. The molecule has 0 unspecified atom stereocenters. The maximum absolute atomic E-state index is 12.0. The minimum absolute atomic E-state index is 0.0502. The van der Waals surface area contributed by atoms with Gasteiger partial charge in [0.2, 0.25) is 5.91 Å². The number of hydrogen-bond donors (Lipinski definition) is 4. The largest absolute Gasteiger partial charge is 0.508 e. The van der Waals surface area contributed by atoms with E-state index in [9.17, 15) is 19.8 Å². The van der Waals surface area contributed by atoms with Gasteiger partial charge in [-0.15, -0.1) is 0 Å². The van der Waals surface area contributed by atoms with Crippen LogP contribution in [0.1, 0.15) is 22.3 Å². The fourth-order valence-corrected chi connectivity index (χ4v) is 2.24. The van der Waals surface area contributed by atoms with Gasteiger partial charge in [0.05, 0.1) is 7.11 Å². The van der Waals surface area contributed by atoms with Gasteiger partial charge in [0.1, 0.15) is 17.2 Å². The van der Waals surface area contributed by atoms with Crippen LogP contribution in [-0.2, 0) is 4.79 Å². The first kappa shape index (κ1) is 19.8. The van der Waals surface area contributed by atoms with Gasteiger partial charge in [-0.25, -0.2) is 0 Å². The Morgan fingerprint density at radius 1 is 1.04 bits per heavy atom. The molecular weight excluding hydrogens is 348 g/mol. The highest BCUT2D eigenvalue weighted by Gasteiger charge is 2.05. The smallest absolute Gasteiger partial charge is 0.251 e. The number of aromatic hydroxyl groups is 2. The lowest BCUT2D eigenvalue weighted by atomic mass is 10.2. The van der Waals surface area contributed by atoms with Crippen molar-refractivity contribution in [3.05, 3.63) is 59.7 Å². The molecule has 4 N–H and O–H groups in total. The van der Waals surface area contributed by atoms with E-state index in [2.05, 4.69) is 10.6 Å². The van der Waals surface area contributed by atoms with Crippen molar-refractivity contribution in [2.45, 2.75) is 6.42 Å². The van der Waals surface area contributed by atoms with Crippen molar-refractivity contribution in [3.8, 4) is 17.2 Å². The molecule has 7 heteroatoms. The zero-order chi connectivity index (χ0) is 19.6. The molecule has 2 aromatic carbocycles. The van der Waals surface area contributed by atoms with Crippen molar-refractivity contribution < 1.29 is 24.5 Å². The van der Waals surface area contributed by atoms with Crippen LogP contribution in [0.2, 0.25) is 0 Å². The van der Waals surface area contributed by atoms with Gasteiger partial charge in [0.15, 0.2) is 0 Å². The van der Waals surface area contributed by atoms with E-state index in [0.29, 0.717) is 36.4 Å². The molecule has 0 saturated carbocycles. The minimum atomic E-state index is -0.316. The maximum atomic E-state index is 12.0. The Labute approximate surface area is 157 Å². The van der Waals surface area contributed by atoms with Crippen molar-refractivity contribution in [2.75, 3.05) is 20.2 Å². The molecule has 0 spiro atoms. The quantitative estimate of drug-likeness (QED) is 0.420. The molecule has 27 heavy (non-hydrogen) atoms. The van der Waals surface area contributed by atoms with Crippen LogP contribution in [0.15, 0.2) is 48.5 Å². The predicted octanol–water partition coefficient (Wildman–Crippen LogP) is 2.06. The number of methoxy groups -OCH3 is 1. The summed E-state index contributed by atoms with van der Waals surface area (Å²) in [5.74, 6) is 0.0182. The molecule has 0 radical (unpaired) electrons. The fourth-order valence-electron chi connectivity index (χ4n) is 2.24. The lowest BCUT2D eigenvalue weighted by molar-refractivity contribution is -0.116. The molecule has 0 aromatic heterocycles. The van der Waals surface area contributed by atoms with E-state index in [1.165, 1.54) is 30.4 Å². The minimum Gasteiger partial charge on any atom is -0.508 e. The normalized spacial score (nSPS) is 10.6. The number of carbonyl (C=O) groups excluding carboxylic acids is 2. The second-order valence-electron chi connectivity index (χ2n) is 5.71. The van der Waals surface area contributed by atoms with Gasteiger partial charge >= 0.3 is 0 Å². The molecule has 2 rings (SSSR count). The van der Waals surface area contributed by atoms with Crippen molar-refractivity contribution in [2.24, 2.45) is 0 Å². The number of ether oxygens (including phenoxy) is 1. The molecular formula is C20H22N2O5. The number of rotatable bonds is 8. The van der Waals surface area contributed by atoms with E-state index in [-0.39, 0.29) is 23.3 Å². The van der Waals surface area contributed by atoms with Crippen LogP contribution in [0.3, 0.4) is 0 Å². The summed E-state index contributed by atoms with van der Waals surface area (Å²) in [5, 5.41) is 24.3. The van der Waals surface area contributed by atoms with E-state index in [1.54, 1.807) is 31.4 Å². The van der Waals surface area contributed by atoms with Gasteiger partial charge in [-0.05, 0) is 48.9 Å². The zero-order valence-corrected chi connectivity index (χ0v) is 14.9. The highest BCUT2D eigenvalue weighted by atomic mass is 16.5. The van der Waals surface area contributed by atoms with Crippen LogP contribution in [-0.4, -0.2) is 42.2 Å². The molecule has 0 aliphatic rings. The topological polar surface area (TPSA) is 108 Å². The van der Waals surface area contributed by atoms with Crippen molar-refractivity contribution >= 4 is 17.9 Å². The van der Waals surface area contributed by atoms with Gasteiger partial charge in [-0.3, -0.25) is 9.59 Å². The molecule has 0 heterocycles. The molecule has 7 nitrogen and oxygen atoms in total. The van der Waals surface area contributed by atoms with E-state index < -0.39 is 0 Å². The second-order valence-corrected chi connectivity index (χ2v) is 5.71. The number of phenolic OH excluding ortho intramolecular Hbond substituents is 2. The van der Waals surface area contributed by atoms with E-state index in [4.69, 9.17) is 4.74 Å². The average Bonchev–Trinajstić information content (AvgIpc) is 2.67. The summed E-state index contributed by atoms with van der Waals surface area (Å²) >= 11 is 0. The van der Waals surface area contributed by atoms with Gasteiger partial charge in [0.25, 0.3) is 5.91 Å². The second kappa shape index (κ2) is 9.86. The van der Waals surface area contributed by atoms with Crippen molar-refractivity contribution in [1.82, 2.24) is 10.6 Å². The molecule has 2 aromatic rings. The summed E-state index contributed by atoms with van der Waals surface area (Å²) in [6.45, 7) is 0.821. The summed E-state index contributed by atoms with van der Waals surface area (Å²) < 4.78 is 5.04. The third-order valence-electron chi connectivity index (χ3n) is 3.72. The first-order chi connectivity index (χ1) is 13.0. The van der Waals surface area contributed by atoms with Crippen LogP contribution in [0.5, 0.6) is 17.2 Å². The Morgan fingerprint density at radius 3 is 2.41 bits per heavy atom. The summed E-state index contributed by atoms with van der Waals surface area (Å²) in [5.41, 5.74) is 0.964. The molecule has 0 aliphatic heterocycles. The lowest BCUT2D eigenvalue weighted by Crippen LogP contribution is -2.29. The first-order valence-electron chi connectivity index (χ1n) is 8.40. The summed E-state index contributed by atoms with van der Waals surface area (Å²) in [4.78, 5) is 23.7. The van der Waals surface area contributed by atoms with Crippen molar-refractivity contribution in [1.29, 1.82) is 0 Å². The summed E-state index contributed by atoms with van der Waals surface area (Å²) in [7, 11) is 1.56. The van der Waals surface area contributed by atoms with Gasteiger partial charge in [-0.1, -0.05) is 0 Å². The molecule has 0 fully saturated rings. The number of nitrogens with one attached hydrogen (secondary N) is 2. The van der Waals surface area contributed by atoms with Crippen LogP contribution in [0.4, 0.5) is 0 Å². The average molecular weight is 370 g/mol. The zero-order valence-electron chi connectivity index (χ0n) is 14.9. The monoisotopic (exact) mass is 370 g/mol. The standard InChI is InChI=1S/C20H22N2O5/c1-27-17-8-4-15(5-9-17)20(26)22-12-2-11-21-19(25)10-6-14-3-7-16(23)13-18(14)24/h3-10,13,23-24H,2,11-12H2,1H3,(H,21,25)(H,22,26)/b10-6+. The van der Waals surface area contributed by atoms with Gasteiger partial charge in [-0.2, -0.15) is 0 Å². The molecule has 0 bridgehead atoms. The molecule has 0 saturated heterocycles. The number of benzene rings is 2. The Kier molecular flexibility index (Phi) is 7.25. The van der Waals surface area contributed by atoms with Crippen molar-refractivity contribution in [3.63, 3.8) is 0 Å². The van der Waals surface area contributed by atoms with Crippen LogP contribution >= 0.6 is 0 Å². The van der Waals surface area contributed by atoms with Crippen LogP contribution in [0.25, 0.3) is 6.08 Å². The number of amides is 2. The summed E-state index contributed by atoms with van der Waals surface area (Å²) in [6, 6.07) is 10.9. The highest BCUT2D eigenvalue weighted by Crippen LogP contribution is 2.23. The highest BCUT2D eigenvalue weighted by molar-refractivity contribution is 5.94. The van der Waals surface area contributed by atoms with Gasteiger partial charge < -0.3 is 25.6 Å². The number of carbonyl (C=O) groups is 2. The Bertz CT molecular complexity index is 816. The third-order valence-corrected chi connectivity index (χ3v) is 3.72. The van der Waals surface area contributed by atoms with E-state index in [1.807, 2.05) is 0 Å².